The van der Waals surface area contributed by atoms with Crippen molar-refractivity contribution in [2.45, 2.75) is 6.92 Å². The molecule has 1 aromatic carbocycles. The number of anilines is 1. The summed E-state index contributed by atoms with van der Waals surface area (Å²) >= 11 is 5.84. The molecule has 0 radical (unpaired) electrons. The zero-order chi connectivity index (χ0) is 15.2. The summed E-state index contributed by atoms with van der Waals surface area (Å²) in [7, 11) is 0. The van der Waals surface area contributed by atoms with Gasteiger partial charge in [0.05, 0.1) is 0 Å². The van der Waals surface area contributed by atoms with E-state index in [1.165, 1.54) is 13.1 Å². The van der Waals surface area contributed by atoms with E-state index >= 15 is 0 Å². The molecule has 108 valence electrons. The highest BCUT2D eigenvalue weighted by molar-refractivity contribution is 6.30. The number of amides is 1. The Labute approximate surface area is 126 Å². The van der Waals surface area contributed by atoms with Gasteiger partial charge in [-0.05, 0) is 36.4 Å². The Balaban J connectivity index is 1.97. The number of Topliss-reactive ketones (excluding diaryl/α,β-unsaturated/α-hetero) is 1. The standard InChI is InChI=1S/C15H13ClN2O3/c1-10(19)18-12-6-4-11(5-7-12)13(20)9-21-14-3-2-8-17-15(14)16/h2-8H,9H2,1H3,(H,18,19). The molecule has 1 heterocycles. The van der Waals surface area contributed by atoms with Gasteiger partial charge in [0.2, 0.25) is 5.91 Å². The van der Waals surface area contributed by atoms with E-state index in [0.29, 0.717) is 17.0 Å². The predicted molar refractivity (Wildman–Crippen MR) is 79.8 cm³/mol. The van der Waals surface area contributed by atoms with Gasteiger partial charge in [-0.25, -0.2) is 4.98 Å². The summed E-state index contributed by atoms with van der Waals surface area (Å²) in [5.41, 5.74) is 1.12. The molecule has 0 aliphatic heterocycles. The van der Waals surface area contributed by atoms with E-state index in [2.05, 4.69) is 10.3 Å². The average molecular weight is 305 g/mol. The molecule has 2 rings (SSSR count). The van der Waals surface area contributed by atoms with Crippen LogP contribution in [-0.4, -0.2) is 23.3 Å². The van der Waals surface area contributed by atoms with Crippen molar-refractivity contribution in [1.29, 1.82) is 0 Å². The van der Waals surface area contributed by atoms with Gasteiger partial charge in [0.25, 0.3) is 0 Å². The minimum Gasteiger partial charge on any atom is -0.482 e. The van der Waals surface area contributed by atoms with Gasteiger partial charge < -0.3 is 10.1 Å². The molecule has 2 aromatic rings. The summed E-state index contributed by atoms with van der Waals surface area (Å²) in [6.07, 6.45) is 1.54. The number of ketones is 1. The van der Waals surface area contributed by atoms with Crippen LogP contribution in [0.1, 0.15) is 17.3 Å². The number of halogens is 1. The molecule has 1 aromatic heterocycles. The van der Waals surface area contributed by atoms with Crippen molar-refractivity contribution in [2.24, 2.45) is 0 Å². The molecule has 0 aliphatic carbocycles. The van der Waals surface area contributed by atoms with E-state index in [0.717, 1.165) is 0 Å². The van der Waals surface area contributed by atoms with Crippen LogP contribution in [0.15, 0.2) is 42.6 Å². The molecule has 0 saturated carbocycles. The number of rotatable bonds is 5. The second-order valence-electron chi connectivity index (χ2n) is 4.26. The predicted octanol–water partition coefficient (Wildman–Crippen LogP) is 2.96. The summed E-state index contributed by atoms with van der Waals surface area (Å²) < 4.78 is 5.33. The average Bonchev–Trinajstić information content (AvgIpc) is 2.46. The number of carbonyl (C=O) groups excluding carboxylic acids is 2. The van der Waals surface area contributed by atoms with Crippen molar-refractivity contribution in [2.75, 3.05) is 11.9 Å². The van der Waals surface area contributed by atoms with Crippen LogP contribution in [0, 0.1) is 0 Å². The van der Waals surface area contributed by atoms with Crippen molar-refractivity contribution in [3.05, 3.63) is 53.3 Å². The van der Waals surface area contributed by atoms with Crippen molar-refractivity contribution >= 4 is 29.0 Å². The fourth-order valence-corrected chi connectivity index (χ4v) is 1.82. The van der Waals surface area contributed by atoms with E-state index < -0.39 is 0 Å². The zero-order valence-electron chi connectivity index (χ0n) is 11.3. The first-order chi connectivity index (χ1) is 10.1. The normalized spacial score (nSPS) is 10.0. The molecule has 0 saturated heterocycles. The van der Waals surface area contributed by atoms with Crippen LogP contribution >= 0.6 is 11.6 Å². The zero-order valence-corrected chi connectivity index (χ0v) is 12.1. The molecule has 0 unspecified atom stereocenters. The number of carbonyl (C=O) groups is 2. The number of nitrogens with one attached hydrogen (secondary N) is 1. The van der Waals surface area contributed by atoms with Gasteiger partial charge in [-0.1, -0.05) is 11.6 Å². The SMILES string of the molecule is CC(=O)Nc1ccc(C(=O)COc2cccnc2Cl)cc1. The highest BCUT2D eigenvalue weighted by Gasteiger charge is 2.09. The molecule has 6 heteroatoms. The van der Waals surface area contributed by atoms with Crippen LogP contribution in [0.25, 0.3) is 0 Å². The Hall–Kier alpha value is -2.40. The minimum absolute atomic E-state index is 0.134. The minimum atomic E-state index is -0.190. The second-order valence-corrected chi connectivity index (χ2v) is 4.62. The van der Waals surface area contributed by atoms with Crippen LogP contribution < -0.4 is 10.1 Å². The quantitative estimate of drug-likeness (QED) is 0.681. The molecular weight excluding hydrogens is 292 g/mol. The fourth-order valence-electron chi connectivity index (χ4n) is 1.65. The van der Waals surface area contributed by atoms with Crippen LogP contribution in [0.3, 0.4) is 0 Å². The lowest BCUT2D eigenvalue weighted by atomic mass is 10.1. The topological polar surface area (TPSA) is 68.3 Å². The van der Waals surface area contributed by atoms with Gasteiger partial charge in [0, 0.05) is 24.4 Å². The third kappa shape index (κ3) is 4.29. The number of nitrogens with zero attached hydrogens (tertiary/aromatic N) is 1. The second kappa shape index (κ2) is 6.85. The smallest absolute Gasteiger partial charge is 0.221 e. The van der Waals surface area contributed by atoms with Gasteiger partial charge >= 0.3 is 0 Å². The van der Waals surface area contributed by atoms with E-state index in [1.54, 1.807) is 36.4 Å². The Morgan fingerprint density at radius 3 is 2.57 bits per heavy atom. The molecule has 0 fully saturated rings. The van der Waals surface area contributed by atoms with Gasteiger partial charge in [0.15, 0.2) is 23.3 Å². The van der Waals surface area contributed by atoms with Crippen LogP contribution in [0.5, 0.6) is 5.75 Å². The van der Waals surface area contributed by atoms with Crippen molar-refractivity contribution in [3.8, 4) is 5.75 Å². The first kappa shape index (κ1) is 15.0. The molecule has 0 spiro atoms. The molecule has 0 bridgehead atoms. The van der Waals surface area contributed by atoms with Gasteiger partial charge in [-0.3, -0.25) is 9.59 Å². The number of hydrogen-bond donors (Lipinski definition) is 1. The molecule has 5 nitrogen and oxygen atoms in total. The maximum Gasteiger partial charge on any atom is 0.221 e. The molecule has 1 N–H and O–H groups in total. The molecule has 21 heavy (non-hydrogen) atoms. The van der Waals surface area contributed by atoms with Crippen molar-refractivity contribution in [1.82, 2.24) is 4.98 Å². The number of hydrogen-bond acceptors (Lipinski definition) is 4. The highest BCUT2D eigenvalue weighted by Crippen LogP contribution is 2.20. The third-order valence-electron chi connectivity index (χ3n) is 2.61. The Morgan fingerprint density at radius 1 is 1.24 bits per heavy atom. The monoisotopic (exact) mass is 304 g/mol. The van der Waals surface area contributed by atoms with E-state index in [4.69, 9.17) is 16.3 Å². The van der Waals surface area contributed by atoms with Gasteiger partial charge in [-0.2, -0.15) is 0 Å². The molecular formula is C15H13ClN2O3. The number of aromatic nitrogens is 1. The molecule has 1 amide bonds. The molecule has 0 aliphatic rings. The van der Waals surface area contributed by atoms with Crippen LogP contribution in [0.2, 0.25) is 5.15 Å². The highest BCUT2D eigenvalue weighted by atomic mass is 35.5. The van der Waals surface area contributed by atoms with E-state index in [-0.39, 0.29) is 23.5 Å². The lowest BCUT2D eigenvalue weighted by Crippen LogP contribution is -2.12. The summed E-state index contributed by atoms with van der Waals surface area (Å²) in [6, 6.07) is 9.89. The first-order valence-corrected chi connectivity index (χ1v) is 6.58. The van der Waals surface area contributed by atoms with Crippen molar-refractivity contribution < 1.29 is 14.3 Å². The lowest BCUT2D eigenvalue weighted by Gasteiger charge is -2.07. The Kier molecular flexibility index (Phi) is 4.90. The third-order valence-corrected chi connectivity index (χ3v) is 2.89. The maximum atomic E-state index is 12.0. The number of pyridine rings is 1. The van der Waals surface area contributed by atoms with E-state index in [9.17, 15) is 9.59 Å². The first-order valence-electron chi connectivity index (χ1n) is 6.20. The Morgan fingerprint density at radius 2 is 1.95 bits per heavy atom. The van der Waals surface area contributed by atoms with Crippen LogP contribution in [-0.2, 0) is 4.79 Å². The summed E-state index contributed by atoms with van der Waals surface area (Å²) in [5, 5.41) is 2.84. The summed E-state index contributed by atoms with van der Waals surface area (Å²) in [4.78, 5) is 26.8. The summed E-state index contributed by atoms with van der Waals surface area (Å²) in [6.45, 7) is 1.29. The Bertz CT molecular complexity index is 656. The fraction of sp³-hybridized carbons (Fsp3) is 0.133. The lowest BCUT2D eigenvalue weighted by molar-refractivity contribution is -0.114. The van der Waals surface area contributed by atoms with Crippen LogP contribution in [0.4, 0.5) is 5.69 Å². The number of ether oxygens (including phenoxy) is 1. The number of benzene rings is 1. The van der Waals surface area contributed by atoms with E-state index in [1.807, 2.05) is 0 Å². The van der Waals surface area contributed by atoms with Gasteiger partial charge in [0.1, 0.15) is 0 Å². The largest absolute Gasteiger partial charge is 0.482 e. The summed E-state index contributed by atoms with van der Waals surface area (Å²) in [5.74, 6) is 0.00954. The van der Waals surface area contributed by atoms with Gasteiger partial charge in [-0.15, -0.1) is 0 Å². The molecule has 0 atom stereocenters. The van der Waals surface area contributed by atoms with Crippen molar-refractivity contribution in [3.63, 3.8) is 0 Å². The maximum absolute atomic E-state index is 12.0.